The number of rotatable bonds is 3. The maximum absolute atomic E-state index is 12.8. The summed E-state index contributed by atoms with van der Waals surface area (Å²) >= 11 is 0. The molecule has 0 spiro atoms. The molecule has 0 unspecified atom stereocenters. The van der Waals surface area contributed by atoms with Gasteiger partial charge < -0.3 is 0 Å². The fourth-order valence-corrected chi connectivity index (χ4v) is 2.93. The van der Waals surface area contributed by atoms with Crippen LogP contribution in [-0.2, 0) is 6.18 Å². The minimum Gasteiger partial charge on any atom is -0.287 e. The minimum absolute atomic E-state index is 0.0669. The van der Waals surface area contributed by atoms with Crippen LogP contribution in [0.3, 0.4) is 0 Å². The third-order valence-electron chi connectivity index (χ3n) is 4.37. The number of benzene rings is 2. The highest BCUT2D eigenvalue weighted by Crippen LogP contribution is 2.29. The molecule has 148 valence electrons. The standard InChI is InChI=1S/C21H12F3N5O/c22-21(23,24)15-4-6-16(7-5-15)28-11-9-19(30)20(27-28)18-8-10-26-29(18)17-3-1-2-14(12-17)13-25/h1-12H. The Hall–Kier alpha value is -4.19. The number of nitrogens with zero attached hydrogens (tertiary/aromatic N) is 5. The second kappa shape index (κ2) is 7.33. The van der Waals surface area contributed by atoms with E-state index in [1.54, 1.807) is 30.3 Å². The van der Waals surface area contributed by atoms with Crippen molar-refractivity contribution in [2.75, 3.05) is 0 Å². The summed E-state index contributed by atoms with van der Waals surface area (Å²) in [5.74, 6) is 0. The van der Waals surface area contributed by atoms with Crippen LogP contribution in [0.1, 0.15) is 11.1 Å². The molecular weight excluding hydrogens is 395 g/mol. The molecular formula is C21H12F3N5O. The van der Waals surface area contributed by atoms with Crippen molar-refractivity contribution in [2.24, 2.45) is 0 Å². The monoisotopic (exact) mass is 407 g/mol. The molecule has 30 heavy (non-hydrogen) atoms. The van der Waals surface area contributed by atoms with Gasteiger partial charge in [0.1, 0.15) is 0 Å². The zero-order chi connectivity index (χ0) is 21.3. The van der Waals surface area contributed by atoms with E-state index in [1.165, 1.54) is 40.0 Å². The highest BCUT2D eigenvalue weighted by molar-refractivity contribution is 5.58. The van der Waals surface area contributed by atoms with Gasteiger partial charge >= 0.3 is 6.18 Å². The lowest BCUT2D eigenvalue weighted by molar-refractivity contribution is -0.137. The highest BCUT2D eigenvalue weighted by atomic mass is 19.4. The van der Waals surface area contributed by atoms with Crippen molar-refractivity contribution in [2.45, 2.75) is 6.18 Å². The quantitative estimate of drug-likeness (QED) is 0.515. The second-order valence-electron chi connectivity index (χ2n) is 6.31. The Morgan fingerprint density at radius 3 is 2.43 bits per heavy atom. The van der Waals surface area contributed by atoms with E-state index in [4.69, 9.17) is 5.26 Å². The number of alkyl halides is 3. The van der Waals surface area contributed by atoms with Gasteiger partial charge in [-0.25, -0.2) is 9.36 Å². The van der Waals surface area contributed by atoms with Crippen LogP contribution in [0.5, 0.6) is 0 Å². The molecule has 0 saturated carbocycles. The normalized spacial score (nSPS) is 11.3. The Morgan fingerprint density at radius 1 is 0.967 bits per heavy atom. The Labute approximate surface area is 168 Å². The molecule has 0 radical (unpaired) electrons. The van der Waals surface area contributed by atoms with Crippen molar-refractivity contribution >= 4 is 0 Å². The SMILES string of the molecule is N#Cc1cccc(-n2nccc2-c2nn(-c3ccc(C(F)(F)F)cc3)ccc2=O)c1. The van der Waals surface area contributed by atoms with Crippen LogP contribution in [0.2, 0.25) is 0 Å². The third-order valence-corrected chi connectivity index (χ3v) is 4.37. The molecule has 4 rings (SSSR count). The van der Waals surface area contributed by atoms with Crippen molar-refractivity contribution in [3.05, 3.63) is 94.4 Å². The molecule has 0 aliphatic heterocycles. The molecule has 0 atom stereocenters. The van der Waals surface area contributed by atoms with Gasteiger partial charge in [0.2, 0.25) is 5.43 Å². The number of hydrogen-bond acceptors (Lipinski definition) is 4. The van der Waals surface area contributed by atoms with Gasteiger partial charge in [-0.1, -0.05) is 6.07 Å². The largest absolute Gasteiger partial charge is 0.416 e. The summed E-state index contributed by atoms with van der Waals surface area (Å²) in [6.45, 7) is 0. The van der Waals surface area contributed by atoms with Gasteiger partial charge in [-0.3, -0.25) is 4.79 Å². The lowest BCUT2D eigenvalue weighted by atomic mass is 10.2. The number of nitriles is 1. The summed E-state index contributed by atoms with van der Waals surface area (Å²) in [6.07, 6.45) is -1.57. The smallest absolute Gasteiger partial charge is 0.287 e. The topological polar surface area (TPSA) is 76.5 Å². The lowest BCUT2D eigenvalue weighted by Gasteiger charge is -2.11. The van der Waals surface area contributed by atoms with E-state index in [-0.39, 0.29) is 11.1 Å². The molecule has 0 aliphatic rings. The maximum atomic E-state index is 12.8. The molecule has 0 amide bonds. The Kier molecular flexibility index (Phi) is 4.68. The van der Waals surface area contributed by atoms with Crippen LogP contribution in [0.15, 0.2) is 77.9 Å². The zero-order valence-electron chi connectivity index (χ0n) is 15.2. The molecule has 9 heteroatoms. The zero-order valence-corrected chi connectivity index (χ0v) is 15.2. The Bertz CT molecular complexity index is 1310. The van der Waals surface area contributed by atoms with Crippen LogP contribution in [-0.4, -0.2) is 19.6 Å². The average molecular weight is 407 g/mol. The van der Waals surface area contributed by atoms with Gasteiger partial charge in [0.15, 0.2) is 5.69 Å². The maximum Gasteiger partial charge on any atom is 0.416 e. The van der Waals surface area contributed by atoms with Crippen LogP contribution in [0.4, 0.5) is 13.2 Å². The van der Waals surface area contributed by atoms with E-state index in [1.807, 2.05) is 6.07 Å². The summed E-state index contributed by atoms with van der Waals surface area (Å²) in [5, 5.41) is 17.6. The predicted molar refractivity (Wildman–Crippen MR) is 102 cm³/mol. The lowest BCUT2D eigenvalue weighted by Crippen LogP contribution is -2.15. The Balaban J connectivity index is 1.78. The van der Waals surface area contributed by atoms with E-state index in [0.29, 0.717) is 22.6 Å². The molecule has 0 fully saturated rings. The molecule has 0 N–H and O–H groups in total. The highest BCUT2D eigenvalue weighted by Gasteiger charge is 2.30. The van der Waals surface area contributed by atoms with Crippen LogP contribution in [0, 0.1) is 11.3 Å². The molecule has 2 aromatic heterocycles. The summed E-state index contributed by atoms with van der Waals surface area (Å²) in [6, 6.07) is 16.1. The second-order valence-corrected chi connectivity index (χ2v) is 6.31. The molecule has 6 nitrogen and oxygen atoms in total. The Morgan fingerprint density at radius 2 is 1.73 bits per heavy atom. The first-order valence-electron chi connectivity index (χ1n) is 8.69. The summed E-state index contributed by atoms with van der Waals surface area (Å²) < 4.78 is 41.2. The minimum atomic E-state index is -4.44. The molecule has 4 aromatic rings. The van der Waals surface area contributed by atoms with Crippen LogP contribution < -0.4 is 5.43 Å². The first kappa shape index (κ1) is 19.1. The fourth-order valence-electron chi connectivity index (χ4n) is 2.93. The summed E-state index contributed by atoms with van der Waals surface area (Å²) in [7, 11) is 0. The summed E-state index contributed by atoms with van der Waals surface area (Å²) in [4.78, 5) is 12.5. The van der Waals surface area contributed by atoms with Crippen LogP contribution >= 0.6 is 0 Å². The third kappa shape index (κ3) is 3.58. The van der Waals surface area contributed by atoms with Gasteiger partial charge in [-0.2, -0.15) is 28.6 Å². The molecule has 0 saturated heterocycles. The van der Waals surface area contributed by atoms with E-state index in [2.05, 4.69) is 10.2 Å². The van der Waals surface area contributed by atoms with Gasteiger partial charge in [0.25, 0.3) is 0 Å². The van der Waals surface area contributed by atoms with Crippen molar-refractivity contribution < 1.29 is 13.2 Å². The van der Waals surface area contributed by atoms with Gasteiger partial charge in [-0.05, 0) is 48.5 Å². The fraction of sp³-hybridized carbons (Fsp3) is 0.0476. The molecule has 0 bridgehead atoms. The van der Waals surface area contributed by atoms with Gasteiger partial charge in [0, 0.05) is 12.3 Å². The van der Waals surface area contributed by atoms with E-state index < -0.39 is 11.7 Å². The van der Waals surface area contributed by atoms with E-state index in [0.717, 1.165) is 12.1 Å². The number of halogens is 3. The number of aromatic nitrogens is 4. The number of hydrogen-bond donors (Lipinski definition) is 0. The van der Waals surface area contributed by atoms with Crippen molar-refractivity contribution in [3.63, 3.8) is 0 Å². The van der Waals surface area contributed by atoms with Crippen LogP contribution in [0.25, 0.3) is 22.8 Å². The van der Waals surface area contributed by atoms with Crippen molar-refractivity contribution in [1.82, 2.24) is 19.6 Å². The van der Waals surface area contributed by atoms with Gasteiger partial charge in [-0.15, -0.1) is 0 Å². The first-order valence-corrected chi connectivity index (χ1v) is 8.69. The van der Waals surface area contributed by atoms with E-state index in [9.17, 15) is 18.0 Å². The predicted octanol–water partition coefficient (Wildman–Crippen LogP) is 3.98. The average Bonchev–Trinajstić information content (AvgIpc) is 3.23. The van der Waals surface area contributed by atoms with Gasteiger partial charge in [0.05, 0.1) is 40.5 Å². The molecule has 2 heterocycles. The van der Waals surface area contributed by atoms with Crippen molar-refractivity contribution in [1.29, 1.82) is 5.26 Å². The molecule has 0 aliphatic carbocycles. The molecule has 2 aromatic carbocycles. The van der Waals surface area contributed by atoms with E-state index >= 15 is 0 Å². The van der Waals surface area contributed by atoms with Crippen molar-refractivity contribution in [3.8, 4) is 28.8 Å². The first-order chi connectivity index (χ1) is 14.4. The summed E-state index contributed by atoms with van der Waals surface area (Å²) in [5.41, 5.74) is 0.659.